The molecule has 2 aliphatic rings. The number of methoxy groups -OCH3 is 2. The van der Waals surface area contributed by atoms with E-state index in [1.54, 1.807) is 6.07 Å². The highest BCUT2D eigenvalue weighted by Gasteiger charge is 2.16. The molecular weight excluding hydrogens is 537 g/mol. The van der Waals surface area contributed by atoms with Crippen molar-refractivity contribution in [2.45, 2.75) is 38.5 Å². The Labute approximate surface area is 241 Å². The van der Waals surface area contributed by atoms with Crippen molar-refractivity contribution >= 4 is 17.6 Å². The second-order valence-electron chi connectivity index (χ2n) is 9.77. The van der Waals surface area contributed by atoms with E-state index in [4.69, 9.17) is 5.73 Å². The van der Waals surface area contributed by atoms with Gasteiger partial charge in [0.2, 0.25) is 0 Å². The molecule has 2 aromatic rings. The molecule has 0 aromatic heterocycles. The average Bonchev–Trinajstić information content (AvgIpc) is 3.00. The summed E-state index contributed by atoms with van der Waals surface area (Å²) in [6, 6.07) is 7.75. The Morgan fingerprint density at radius 3 is 1.78 bits per heavy atom. The van der Waals surface area contributed by atoms with Crippen molar-refractivity contribution in [3.63, 3.8) is 0 Å². The van der Waals surface area contributed by atoms with Crippen LogP contribution in [0.2, 0.25) is 0 Å². The number of anilines is 1. The van der Waals surface area contributed by atoms with E-state index in [1.165, 1.54) is 76.9 Å². The van der Waals surface area contributed by atoms with Gasteiger partial charge in [-0.25, -0.2) is 22.8 Å². The molecular formula is C30H43F3N4O4. The third kappa shape index (κ3) is 11.7. The molecule has 228 valence electrons. The minimum atomic E-state index is -1.18. The molecule has 0 spiro atoms. The number of hydrogen-bond donors (Lipinski definition) is 2. The Kier molecular flexibility index (Phi) is 15.8. The van der Waals surface area contributed by atoms with E-state index >= 15 is 0 Å². The van der Waals surface area contributed by atoms with E-state index in [0.717, 1.165) is 52.0 Å². The molecule has 0 bridgehead atoms. The summed E-state index contributed by atoms with van der Waals surface area (Å²) in [7, 11) is 2.40. The number of hydrogen-bond acceptors (Lipinski definition) is 8. The van der Waals surface area contributed by atoms with Crippen molar-refractivity contribution in [2.75, 3.05) is 71.9 Å². The van der Waals surface area contributed by atoms with Gasteiger partial charge in [0.05, 0.1) is 31.0 Å². The third-order valence-electron chi connectivity index (χ3n) is 6.85. The summed E-state index contributed by atoms with van der Waals surface area (Å²) in [6.45, 7) is 8.14. The molecule has 0 amide bonds. The molecule has 41 heavy (non-hydrogen) atoms. The summed E-state index contributed by atoms with van der Waals surface area (Å²) in [6.07, 6.45) is 7.92. The van der Waals surface area contributed by atoms with Crippen LogP contribution in [-0.4, -0.2) is 88.3 Å². The van der Waals surface area contributed by atoms with Gasteiger partial charge in [-0.3, -0.25) is 0 Å². The quantitative estimate of drug-likeness (QED) is 0.434. The molecule has 2 saturated heterocycles. The number of nitrogens with zero attached hydrogens (tertiary/aromatic N) is 2. The van der Waals surface area contributed by atoms with Gasteiger partial charge in [-0.05, 0) is 76.1 Å². The van der Waals surface area contributed by atoms with Crippen LogP contribution in [0.3, 0.4) is 0 Å². The van der Waals surface area contributed by atoms with Crippen LogP contribution in [-0.2, 0) is 9.47 Å². The van der Waals surface area contributed by atoms with Gasteiger partial charge in [0.25, 0.3) is 0 Å². The number of carbonyl (C=O) groups excluding carboxylic acids is 2. The van der Waals surface area contributed by atoms with Crippen molar-refractivity contribution < 1.29 is 32.2 Å². The Bertz CT molecular complexity index is 1070. The number of carbonyl (C=O) groups is 2. The summed E-state index contributed by atoms with van der Waals surface area (Å²) >= 11 is 0. The van der Waals surface area contributed by atoms with Gasteiger partial charge < -0.3 is 30.3 Å². The normalized spacial score (nSPS) is 15.5. The summed E-state index contributed by atoms with van der Waals surface area (Å²) in [5, 5.41) is 3.03. The first-order valence-electron chi connectivity index (χ1n) is 14.1. The van der Waals surface area contributed by atoms with Gasteiger partial charge in [-0.15, -0.1) is 0 Å². The molecule has 0 radical (unpaired) electrons. The fraction of sp³-hybridized carbons (Fsp3) is 0.533. The summed E-state index contributed by atoms with van der Waals surface area (Å²) < 4.78 is 48.0. The second-order valence-corrected chi connectivity index (χ2v) is 9.77. The topological polar surface area (TPSA) is 97.1 Å². The minimum absolute atomic E-state index is 0.233. The lowest BCUT2D eigenvalue weighted by Crippen LogP contribution is -2.34. The Hall–Kier alpha value is -3.15. The number of nitrogens with two attached hydrogens (primary N) is 1. The van der Waals surface area contributed by atoms with Crippen molar-refractivity contribution in [1.82, 2.24) is 9.80 Å². The van der Waals surface area contributed by atoms with E-state index in [1.807, 2.05) is 0 Å². The molecule has 8 nitrogen and oxygen atoms in total. The van der Waals surface area contributed by atoms with E-state index in [2.05, 4.69) is 24.6 Å². The maximum Gasteiger partial charge on any atom is 0.340 e. The first kappa shape index (κ1) is 34.1. The maximum atomic E-state index is 13.8. The van der Waals surface area contributed by atoms with Crippen LogP contribution < -0.4 is 11.1 Å². The molecule has 2 aliphatic heterocycles. The van der Waals surface area contributed by atoms with Gasteiger partial charge in [0, 0.05) is 26.2 Å². The zero-order valence-electron chi connectivity index (χ0n) is 24.1. The largest absolute Gasteiger partial charge is 0.465 e. The summed E-state index contributed by atoms with van der Waals surface area (Å²) in [4.78, 5) is 27.2. The van der Waals surface area contributed by atoms with Crippen LogP contribution in [0, 0.1) is 17.5 Å². The number of nitrogens with one attached hydrogen (secondary N) is 1. The standard InChI is InChI=1S/C15H21FN2O2.C8H6F2O2.C7H16N2/c1-20-15(19)12-6-5-7-13(16)14(12)17-8-11-18-9-3-2-4-10-18;1-12-8(11)5-3-2-4-6(9)7(5)10;8-4-7-9-5-2-1-3-6-9/h5-7,17H,2-4,8-11H2,1H3;2-4H,1H3;1-8H2. The van der Waals surface area contributed by atoms with Crippen molar-refractivity contribution in [3.05, 3.63) is 65.0 Å². The third-order valence-corrected chi connectivity index (χ3v) is 6.85. The first-order chi connectivity index (χ1) is 19.8. The number of halogens is 3. The molecule has 2 heterocycles. The minimum Gasteiger partial charge on any atom is -0.465 e. The van der Waals surface area contributed by atoms with Crippen molar-refractivity contribution in [3.8, 4) is 0 Å². The molecule has 2 aromatic carbocycles. The van der Waals surface area contributed by atoms with E-state index in [0.29, 0.717) is 6.54 Å². The highest BCUT2D eigenvalue weighted by molar-refractivity contribution is 5.95. The van der Waals surface area contributed by atoms with Gasteiger partial charge in [-0.1, -0.05) is 25.0 Å². The lowest BCUT2D eigenvalue weighted by molar-refractivity contribution is 0.0588. The molecule has 0 saturated carbocycles. The maximum absolute atomic E-state index is 13.8. The first-order valence-corrected chi connectivity index (χ1v) is 14.1. The summed E-state index contributed by atoms with van der Waals surface area (Å²) in [5.74, 6) is -4.06. The van der Waals surface area contributed by atoms with Crippen LogP contribution in [0.15, 0.2) is 36.4 Å². The monoisotopic (exact) mass is 580 g/mol. The lowest BCUT2D eigenvalue weighted by atomic mass is 10.1. The Morgan fingerprint density at radius 2 is 1.24 bits per heavy atom. The molecule has 0 atom stereocenters. The van der Waals surface area contributed by atoms with Crippen LogP contribution >= 0.6 is 0 Å². The predicted octanol–water partition coefficient (Wildman–Crippen LogP) is 4.69. The van der Waals surface area contributed by atoms with Crippen molar-refractivity contribution in [2.24, 2.45) is 5.73 Å². The van der Waals surface area contributed by atoms with Crippen LogP contribution in [0.4, 0.5) is 18.9 Å². The average molecular weight is 581 g/mol. The fourth-order valence-corrected chi connectivity index (χ4v) is 4.64. The summed E-state index contributed by atoms with van der Waals surface area (Å²) in [5.41, 5.74) is 5.50. The van der Waals surface area contributed by atoms with Crippen LogP contribution in [0.5, 0.6) is 0 Å². The molecule has 4 rings (SSSR count). The number of ether oxygens (including phenoxy) is 2. The van der Waals surface area contributed by atoms with Crippen LogP contribution in [0.25, 0.3) is 0 Å². The number of likely N-dealkylation sites (tertiary alicyclic amines) is 2. The lowest BCUT2D eigenvalue weighted by Gasteiger charge is -2.26. The van der Waals surface area contributed by atoms with E-state index in [9.17, 15) is 22.8 Å². The number of para-hydroxylation sites is 1. The molecule has 0 unspecified atom stereocenters. The smallest absolute Gasteiger partial charge is 0.340 e. The predicted molar refractivity (Wildman–Crippen MR) is 154 cm³/mol. The zero-order chi connectivity index (χ0) is 30.0. The Morgan fingerprint density at radius 1 is 0.756 bits per heavy atom. The molecule has 0 aliphatic carbocycles. The SMILES string of the molecule is COC(=O)c1cccc(F)c1F.COC(=O)c1cccc(F)c1NCCN1CCCCC1.NCCN1CCCCC1. The molecule has 3 N–H and O–H groups in total. The fourth-order valence-electron chi connectivity index (χ4n) is 4.64. The van der Waals surface area contributed by atoms with Gasteiger partial charge in [0.1, 0.15) is 5.82 Å². The zero-order valence-corrected chi connectivity index (χ0v) is 24.1. The van der Waals surface area contributed by atoms with Crippen molar-refractivity contribution in [1.29, 1.82) is 0 Å². The number of esters is 2. The molecule has 11 heteroatoms. The second kappa shape index (κ2) is 19.1. The highest BCUT2D eigenvalue weighted by atomic mass is 19.2. The van der Waals surface area contributed by atoms with Crippen LogP contribution in [0.1, 0.15) is 59.2 Å². The van der Waals surface area contributed by atoms with Gasteiger partial charge >= 0.3 is 11.9 Å². The highest BCUT2D eigenvalue weighted by Crippen LogP contribution is 2.20. The number of benzene rings is 2. The Balaban J connectivity index is 0.000000237. The molecule has 2 fully saturated rings. The number of rotatable bonds is 8. The van der Waals surface area contributed by atoms with E-state index < -0.39 is 35.0 Å². The number of piperidine rings is 2. The van der Waals surface area contributed by atoms with E-state index in [-0.39, 0.29) is 11.3 Å². The van der Waals surface area contributed by atoms with Gasteiger partial charge in [-0.2, -0.15) is 0 Å². The van der Waals surface area contributed by atoms with Gasteiger partial charge in [0.15, 0.2) is 11.6 Å².